The highest BCUT2D eigenvalue weighted by molar-refractivity contribution is 5.95. The Balaban J connectivity index is 1.34. The number of piperidine rings is 1. The summed E-state index contributed by atoms with van der Waals surface area (Å²) in [5.41, 5.74) is 3.12. The molecule has 2 aliphatic heterocycles. The van der Waals surface area contributed by atoms with Gasteiger partial charge < -0.3 is 25.2 Å². The molecule has 0 atom stereocenters. The van der Waals surface area contributed by atoms with E-state index >= 15 is 0 Å². The van der Waals surface area contributed by atoms with Crippen molar-refractivity contribution < 1.29 is 14.3 Å². The molecule has 1 aromatic heterocycles. The summed E-state index contributed by atoms with van der Waals surface area (Å²) in [6.45, 7) is 6.97. The van der Waals surface area contributed by atoms with Crippen LogP contribution in [0.5, 0.6) is 5.75 Å². The molecule has 0 bridgehead atoms. The molecule has 2 aromatic rings. The quantitative estimate of drug-likeness (QED) is 0.652. The molecule has 0 unspecified atom stereocenters. The zero-order chi connectivity index (χ0) is 23.9. The number of amides is 3. The van der Waals surface area contributed by atoms with E-state index in [-0.39, 0.29) is 17.9 Å². The van der Waals surface area contributed by atoms with Gasteiger partial charge in [0.1, 0.15) is 5.75 Å². The van der Waals surface area contributed by atoms with Crippen molar-refractivity contribution in [3.05, 3.63) is 53.3 Å². The second kappa shape index (κ2) is 11.3. The first-order valence-corrected chi connectivity index (χ1v) is 12.2. The van der Waals surface area contributed by atoms with Crippen LogP contribution in [0, 0.1) is 6.92 Å². The van der Waals surface area contributed by atoms with Gasteiger partial charge >= 0.3 is 6.03 Å². The number of pyridine rings is 1. The Labute approximate surface area is 201 Å². The summed E-state index contributed by atoms with van der Waals surface area (Å²) >= 11 is 0. The number of ether oxygens (including phenoxy) is 1. The molecular formula is C26H35N5O3. The lowest BCUT2D eigenvalue weighted by molar-refractivity contribution is 0.0946. The third-order valence-electron chi connectivity index (χ3n) is 6.71. The number of carbonyl (C=O) groups is 2. The highest BCUT2D eigenvalue weighted by Crippen LogP contribution is 2.30. The first-order valence-electron chi connectivity index (χ1n) is 12.2. The van der Waals surface area contributed by atoms with E-state index in [4.69, 9.17) is 9.72 Å². The van der Waals surface area contributed by atoms with E-state index in [2.05, 4.69) is 15.5 Å². The van der Waals surface area contributed by atoms with Crippen LogP contribution >= 0.6 is 0 Å². The van der Waals surface area contributed by atoms with Crippen molar-refractivity contribution in [2.24, 2.45) is 0 Å². The molecule has 0 aliphatic carbocycles. The van der Waals surface area contributed by atoms with Crippen LogP contribution in [0.3, 0.4) is 0 Å². The number of likely N-dealkylation sites (tertiary alicyclic amines) is 2. The maximum Gasteiger partial charge on any atom is 0.321 e. The number of rotatable bonds is 7. The molecule has 2 saturated heterocycles. The van der Waals surface area contributed by atoms with Crippen molar-refractivity contribution in [1.29, 1.82) is 0 Å². The minimum absolute atomic E-state index is 0.0557. The van der Waals surface area contributed by atoms with E-state index < -0.39 is 0 Å². The SMILES string of the molecule is COc1cccc(NC(=O)N2CCC(c3nc(C)ccc3C(=O)NCCN3CCCC3)CC2)c1. The lowest BCUT2D eigenvalue weighted by Gasteiger charge is -2.32. The van der Waals surface area contributed by atoms with Crippen LogP contribution in [0.2, 0.25) is 0 Å². The molecule has 34 heavy (non-hydrogen) atoms. The van der Waals surface area contributed by atoms with Gasteiger partial charge in [0.2, 0.25) is 0 Å². The highest BCUT2D eigenvalue weighted by Gasteiger charge is 2.28. The first kappa shape index (κ1) is 24.0. The fourth-order valence-electron chi connectivity index (χ4n) is 4.77. The molecule has 3 heterocycles. The molecular weight excluding hydrogens is 430 g/mol. The van der Waals surface area contributed by atoms with Gasteiger partial charge in [0, 0.05) is 49.5 Å². The van der Waals surface area contributed by atoms with E-state index in [9.17, 15) is 9.59 Å². The third-order valence-corrected chi connectivity index (χ3v) is 6.71. The molecule has 0 saturated carbocycles. The topological polar surface area (TPSA) is 86.8 Å². The number of urea groups is 1. The zero-order valence-corrected chi connectivity index (χ0v) is 20.2. The van der Waals surface area contributed by atoms with Crippen LogP contribution in [0.25, 0.3) is 0 Å². The molecule has 2 N–H and O–H groups in total. The molecule has 4 rings (SSSR count). The Bertz CT molecular complexity index is 998. The van der Waals surface area contributed by atoms with Crippen LogP contribution in [-0.4, -0.2) is 73.1 Å². The summed E-state index contributed by atoms with van der Waals surface area (Å²) in [5, 5.41) is 6.03. The number of methoxy groups -OCH3 is 1. The summed E-state index contributed by atoms with van der Waals surface area (Å²) in [6, 6.07) is 11.0. The van der Waals surface area contributed by atoms with Gasteiger partial charge in [0.25, 0.3) is 5.91 Å². The number of benzene rings is 1. The average Bonchev–Trinajstić information content (AvgIpc) is 3.37. The van der Waals surface area contributed by atoms with Crippen molar-refractivity contribution in [3.63, 3.8) is 0 Å². The highest BCUT2D eigenvalue weighted by atomic mass is 16.5. The van der Waals surface area contributed by atoms with Crippen LogP contribution in [0.4, 0.5) is 10.5 Å². The molecule has 3 amide bonds. The number of nitrogens with one attached hydrogen (secondary N) is 2. The van der Waals surface area contributed by atoms with Gasteiger partial charge in [-0.05, 0) is 70.0 Å². The zero-order valence-electron chi connectivity index (χ0n) is 20.2. The second-order valence-electron chi connectivity index (χ2n) is 9.11. The van der Waals surface area contributed by atoms with Crippen LogP contribution in [-0.2, 0) is 0 Å². The molecule has 8 heteroatoms. The van der Waals surface area contributed by atoms with Gasteiger partial charge in [-0.2, -0.15) is 0 Å². The number of hydrogen-bond donors (Lipinski definition) is 2. The summed E-state index contributed by atoms with van der Waals surface area (Å²) in [5.74, 6) is 0.799. The average molecular weight is 466 g/mol. The number of nitrogens with zero attached hydrogens (tertiary/aromatic N) is 3. The van der Waals surface area contributed by atoms with E-state index in [0.717, 1.165) is 43.9 Å². The lowest BCUT2D eigenvalue weighted by atomic mass is 9.90. The van der Waals surface area contributed by atoms with Crippen molar-refractivity contribution in [2.45, 2.75) is 38.5 Å². The Morgan fingerprint density at radius 3 is 2.59 bits per heavy atom. The smallest absolute Gasteiger partial charge is 0.321 e. The Kier molecular flexibility index (Phi) is 8.00. The van der Waals surface area contributed by atoms with Gasteiger partial charge in [0.05, 0.1) is 18.4 Å². The predicted octanol–water partition coefficient (Wildman–Crippen LogP) is 3.64. The summed E-state index contributed by atoms with van der Waals surface area (Å²) in [4.78, 5) is 34.7. The monoisotopic (exact) mass is 465 g/mol. The van der Waals surface area contributed by atoms with Crippen LogP contribution in [0.1, 0.15) is 53.3 Å². The minimum atomic E-state index is -0.121. The molecule has 8 nitrogen and oxygen atoms in total. The van der Waals surface area contributed by atoms with Crippen molar-refractivity contribution in [3.8, 4) is 5.75 Å². The number of carbonyl (C=O) groups excluding carboxylic acids is 2. The minimum Gasteiger partial charge on any atom is -0.497 e. The number of aryl methyl sites for hydroxylation is 1. The number of aromatic nitrogens is 1. The van der Waals surface area contributed by atoms with E-state index in [1.54, 1.807) is 13.2 Å². The lowest BCUT2D eigenvalue weighted by Crippen LogP contribution is -2.41. The Morgan fingerprint density at radius 2 is 1.85 bits per heavy atom. The summed E-state index contributed by atoms with van der Waals surface area (Å²) in [7, 11) is 1.60. The van der Waals surface area contributed by atoms with Gasteiger partial charge in [-0.25, -0.2) is 4.79 Å². The van der Waals surface area contributed by atoms with Gasteiger partial charge in [-0.15, -0.1) is 0 Å². The van der Waals surface area contributed by atoms with E-state index in [1.165, 1.54) is 12.8 Å². The largest absolute Gasteiger partial charge is 0.497 e. The molecule has 1 aromatic carbocycles. The summed E-state index contributed by atoms with van der Waals surface area (Å²) in [6.07, 6.45) is 4.04. The van der Waals surface area contributed by atoms with Gasteiger partial charge in [-0.3, -0.25) is 9.78 Å². The fourth-order valence-corrected chi connectivity index (χ4v) is 4.77. The summed E-state index contributed by atoms with van der Waals surface area (Å²) < 4.78 is 5.23. The first-order chi connectivity index (χ1) is 16.5. The predicted molar refractivity (Wildman–Crippen MR) is 133 cm³/mol. The fraction of sp³-hybridized carbons (Fsp3) is 0.500. The van der Waals surface area contributed by atoms with Crippen molar-refractivity contribution >= 4 is 17.6 Å². The normalized spacial score (nSPS) is 16.9. The van der Waals surface area contributed by atoms with Gasteiger partial charge in [-0.1, -0.05) is 6.07 Å². The molecule has 0 spiro atoms. The van der Waals surface area contributed by atoms with Crippen molar-refractivity contribution in [2.75, 3.05) is 51.7 Å². The van der Waals surface area contributed by atoms with E-state index in [0.29, 0.717) is 36.6 Å². The van der Waals surface area contributed by atoms with Gasteiger partial charge in [0.15, 0.2) is 0 Å². The van der Waals surface area contributed by atoms with Crippen LogP contribution < -0.4 is 15.4 Å². The standard InChI is InChI=1S/C26H35N5O3/c1-19-8-9-23(25(32)27-12-17-30-13-3-4-14-30)24(28-19)20-10-15-31(16-11-20)26(33)29-21-6-5-7-22(18-21)34-2/h5-9,18,20H,3-4,10-17H2,1-2H3,(H,27,32)(H,29,33). The maximum atomic E-state index is 13.0. The van der Waals surface area contributed by atoms with Crippen molar-refractivity contribution in [1.82, 2.24) is 20.1 Å². The molecule has 182 valence electrons. The number of anilines is 1. The Hall–Kier alpha value is -3.13. The second-order valence-corrected chi connectivity index (χ2v) is 9.11. The van der Waals surface area contributed by atoms with E-state index in [1.807, 2.05) is 42.2 Å². The molecule has 2 aliphatic rings. The molecule has 0 radical (unpaired) electrons. The maximum absolute atomic E-state index is 13.0. The van der Waals surface area contributed by atoms with Crippen LogP contribution in [0.15, 0.2) is 36.4 Å². The molecule has 2 fully saturated rings. The third kappa shape index (κ3) is 6.05. The number of hydrogen-bond acceptors (Lipinski definition) is 5. The Morgan fingerprint density at radius 1 is 1.09 bits per heavy atom.